The Balaban J connectivity index is 1.58. The van der Waals surface area contributed by atoms with Gasteiger partial charge in [-0.1, -0.05) is 12.1 Å². The van der Waals surface area contributed by atoms with Gasteiger partial charge in [-0.05, 0) is 42.0 Å². The maximum Gasteiger partial charge on any atom is 0.245 e. The summed E-state index contributed by atoms with van der Waals surface area (Å²) in [7, 11) is 1.57. The van der Waals surface area contributed by atoms with Gasteiger partial charge in [-0.3, -0.25) is 9.59 Å². The molecule has 1 aliphatic rings. The molecule has 0 spiro atoms. The maximum atomic E-state index is 12.8. The number of rotatable bonds is 5. The van der Waals surface area contributed by atoms with Crippen LogP contribution in [0.2, 0.25) is 0 Å². The van der Waals surface area contributed by atoms with Crippen molar-refractivity contribution in [2.24, 2.45) is 11.0 Å². The number of hydrogen-bond acceptors (Lipinski definition) is 4. The van der Waals surface area contributed by atoms with Gasteiger partial charge in [0, 0.05) is 18.7 Å². The first-order chi connectivity index (χ1) is 12.6. The molecule has 2 aromatic carbocycles. The number of anilines is 1. The number of halogens is 1. The van der Waals surface area contributed by atoms with Crippen LogP contribution in [0.4, 0.5) is 10.1 Å². The van der Waals surface area contributed by atoms with Crippen LogP contribution in [0.1, 0.15) is 12.0 Å². The molecule has 0 saturated carbocycles. The molecule has 1 heterocycles. The van der Waals surface area contributed by atoms with E-state index in [0.717, 1.165) is 5.69 Å². The molecular formula is C19H18FN3O3. The van der Waals surface area contributed by atoms with Crippen molar-refractivity contribution in [1.29, 1.82) is 0 Å². The van der Waals surface area contributed by atoms with Crippen LogP contribution in [0.3, 0.4) is 0 Å². The molecule has 0 aromatic heterocycles. The lowest BCUT2D eigenvalue weighted by molar-refractivity contribution is -0.126. The van der Waals surface area contributed by atoms with Crippen molar-refractivity contribution in [3.63, 3.8) is 0 Å². The van der Waals surface area contributed by atoms with Crippen LogP contribution in [0, 0.1) is 11.7 Å². The van der Waals surface area contributed by atoms with E-state index in [1.54, 1.807) is 48.4 Å². The fourth-order valence-electron chi connectivity index (χ4n) is 2.71. The van der Waals surface area contributed by atoms with Crippen molar-refractivity contribution in [2.75, 3.05) is 18.6 Å². The predicted molar refractivity (Wildman–Crippen MR) is 95.6 cm³/mol. The third-order valence-corrected chi connectivity index (χ3v) is 4.14. The van der Waals surface area contributed by atoms with Crippen molar-refractivity contribution in [3.8, 4) is 5.75 Å². The summed E-state index contributed by atoms with van der Waals surface area (Å²) in [6, 6.07) is 12.8. The van der Waals surface area contributed by atoms with Crippen LogP contribution >= 0.6 is 0 Å². The zero-order valence-electron chi connectivity index (χ0n) is 14.2. The Morgan fingerprint density at radius 3 is 2.58 bits per heavy atom. The highest BCUT2D eigenvalue weighted by Crippen LogP contribution is 2.26. The fourth-order valence-corrected chi connectivity index (χ4v) is 2.71. The summed E-state index contributed by atoms with van der Waals surface area (Å²) in [5.41, 5.74) is 3.82. The monoisotopic (exact) mass is 355 g/mol. The van der Waals surface area contributed by atoms with E-state index in [9.17, 15) is 14.0 Å². The van der Waals surface area contributed by atoms with E-state index < -0.39 is 5.92 Å². The second-order valence-corrected chi connectivity index (χ2v) is 5.89. The van der Waals surface area contributed by atoms with Gasteiger partial charge < -0.3 is 9.64 Å². The van der Waals surface area contributed by atoms with Gasteiger partial charge in [0.2, 0.25) is 11.8 Å². The van der Waals surface area contributed by atoms with E-state index in [1.165, 1.54) is 18.3 Å². The number of nitrogens with one attached hydrogen (secondary N) is 1. The first-order valence-electron chi connectivity index (χ1n) is 8.09. The van der Waals surface area contributed by atoms with Crippen LogP contribution < -0.4 is 15.1 Å². The Kier molecular flexibility index (Phi) is 5.26. The highest BCUT2D eigenvalue weighted by atomic mass is 19.1. The Hall–Kier alpha value is -3.22. The second kappa shape index (κ2) is 7.77. The minimum atomic E-state index is -0.477. The lowest BCUT2D eigenvalue weighted by Crippen LogP contribution is -2.30. The van der Waals surface area contributed by atoms with Gasteiger partial charge in [0.05, 0.1) is 19.2 Å². The summed E-state index contributed by atoms with van der Waals surface area (Å²) in [6.07, 6.45) is 1.55. The Labute approximate surface area is 150 Å². The standard InChI is InChI=1S/C19H18FN3O3/c1-26-17-8-6-16(7-9-17)23-12-14(10-18(23)24)19(25)22-21-11-13-2-4-15(20)5-3-13/h2-9,11,14H,10,12H2,1H3,(H,22,25)/b21-11-/t14-/m0/s1. The lowest BCUT2D eigenvalue weighted by atomic mass is 10.1. The van der Waals surface area contributed by atoms with E-state index >= 15 is 0 Å². The number of methoxy groups -OCH3 is 1. The lowest BCUT2D eigenvalue weighted by Gasteiger charge is -2.16. The summed E-state index contributed by atoms with van der Waals surface area (Å²) in [5, 5.41) is 3.87. The molecule has 1 atom stereocenters. The highest BCUT2D eigenvalue weighted by molar-refractivity contribution is 6.00. The molecule has 0 radical (unpaired) electrons. The van der Waals surface area contributed by atoms with Crippen molar-refractivity contribution in [3.05, 3.63) is 59.9 Å². The van der Waals surface area contributed by atoms with Crippen molar-refractivity contribution in [1.82, 2.24) is 5.43 Å². The summed E-state index contributed by atoms with van der Waals surface area (Å²) in [4.78, 5) is 26.0. The summed E-state index contributed by atoms with van der Waals surface area (Å²) in [5.74, 6) is -0.556. The number of hydrazone groups is 1. The molecule has 2 amide bonds. The summed E-state index contributed by atoms with van der Waals surface area (Å²) in [6.45, 7) is 0.295. The second-order valence-electron chi connectivity index (χ2n) is 5.89. The predicted octanol–water partition coefficient (Wildman–Crippen LogP) is 2.34. The van der Waals surface area contributed by atoms with E-state index in [-0.39, 0.29) is 24.1 Å². The SMILES string of the molecule is COc1ccc(N2C[C@@H](C(=O)N/N=C\c3ccc(F)cc3)CC2=O)cc1. The highest BCUT2D eigenvalue weighted by Gasteiger charge is 2.35. The van der Waals surface area contributed by atoms with Gasteiger partial charge in [-0.15, -0.1) is 0 Å². The number of hydrogen-bond donors (Lipinski definition) is 1. The van der Waals surface area contributed by atoms with Crippen LogP contribution in [0.15, 0.2) is 53.6 Å². The van der Waals surface area contributed by atoms with Crippen molar-refractivity contribution >= 4 is 23.7 Å². The molecule has 1 N–H and O–H groups in total. The van der Waals surface area contributed by atoms with Crippen LogP contribution in [-0.2, 0) is 9.59 Å². The zero-order chi connectivity index (χ0) is 18.5. The number of carbonyl (C=O) groups excluding carboxylic acids is 2. The molecular weight excluding hydrogens is 337 g/mol. The minimum absolute atomic E-state index is 0.113. The van der Waals surface area contributed by atoms with Crippen molar-refractivity contribution < 1.29 is 18.7 Å². The topological polar surface area (TPSA) is 71.0 Å². The number of nitrogens with zero attached hydrogens (tertiary/aromatic N) is 2. The van der Waals surface area contributed by atoms with Crippen LogP contribution in [0.5, 0.6) is 5.75 Å². The van der Waals surface area contributed by atoms with Gasteiger partial charge >= 0.3 is 0 Å². The molecule has 0 unspecified atom stereocenters. The smallest absolute Gasteiger partial charge is 0.245 e. The van der Waals surface area contributed by atoms with Gasteiger partial charge in [0.1, 0.15) is 11.6 Å². The molecule has 1 aliphatic heterocycles. The number of carbonyl (C=O) groups is 2. The average molecular weight is 355 g/mol. The third-order valence-electron chi connectivity index (χ3n) is 4.14. The molecule has 7 heteroatoms. The van der Waals surface area contributed by atoms with Gasteiger partial charge in [-0.2, -0.15) is 5.10 Å². The largest absolute Gasteiger partial charge is 0.497 e. The van der Waals surface area contributed by atoms with Gasteiger partial charge in [-0.25, -0.2) is 9.82 Å². The van der Waals surface area contributed by atoms with E-state index in [1.807, 2.05) is 0 Å². The molecule has 3 rings (SSSR count). The minimum Gasteiger partial charge on any atom is -0.497 e. The molecule has 26 heavy (non-hydrogen) atoms. The third kappa shape index (κ3) is 4.05. The van der Waals surface area contributed by atoms with Crippen LogP contribution in [0.25, 0.3) is 0 Å². The van der Waals surface area contributed by atoms with Gasteiger partial charge in [0.15, 0.2) is 0 Å². The normalized spacial score (nSPS) is 16.9. The van der Waals surface area contributed by atoms with Crippen molar-refractivity contribution in [2.45, 2.75) is 6.42 Å². The molecule has 0 bridgehead atoms. The van der Waals surface area contributed by atoms with E-state index in [0.29, 0.717) is 17.9 Å². The quantitative estimate of drug-likeness (QED) is 0.661. The van der Waals surface area contributed by atoms with Gasteiger partial charge in [0.25, 0.3) is 0 Å². The van der Waals surface area contributed by atoms with E-state index in [4.69, 9.17) is 4.74 Å². The molecule has 2 aromatic rings. The Morgan fingerprint density at radius 2 is 1.92 bits per heavy atom. The average Bonchev–Trinajstić information content (AvgIpc) is 3.05. The molecule has 1 saturated heterocycles. The maximum absolute atomic E-state index is 12.8. The number of benzene rings is 2. The Morgan fingerprint density at radius 1 is 1.23 bits per heavy atom. The zero-order valence-corrected chi connectivity index (χ0v) is 14.2. The molecule has 6 nitrogen and oxygen atoms in total. The Bertz CT molecular complexity index is 819. The number of amides is 2. The summed E-state index contributed by atoms with van der Waals surface area (Å²) < 4.78 is 17.9. The first kappa shape index (κ1) is 17.6. The molecule has 0 aliphatic carbocycles. The molecule has 1 fully saturated rings. The fraction of sp³-hybridized carbons (Fsp3) is 0.211. The molecule has 134 valence electrons. The van der Waals surface area contributed by atoms with Crippen LogP contribution in [-0.4, -0.2) is 31.7 Å². The number of ether oxygens (including phenoxy) is 1. The van der Waals surface area contributed by atoms with E-state index in [2.05, 4.69) is 10.5 Å². The summed E-state index contributed by atoms with van der Waals surface area (Å²) >= 11 is 0. The first-order valence-corrected chi connectivity index (χ1v) is 8.09.